The van der Waals surface area contributed by atoms with Crippen molar-refractivity contribution in [2.45, 2.75) is 6.42 Å². The van der Waals surface area contributed by atoms with Crippen LogP contribution in [0.1, 0.15) is 4.88 Å². The second-order valence-electron chi connectivity index (χ2n) is 2.83. The molecule has 1 rings (SSSR count). The quantitative estimate of drug-likeness (QED) is 0.595. The van der Waals surface area contributed by atoms with Gasteiger partial charge in [0.05, 0.1) is 4.92 Å². The van der Waals surface area contributed by atoms with Gasteiger partial charge in [0.25, 0.3) is 6.20 Å². The lowest BCUT2D eigenvalue weighted by atomic mass is 10.4. The Balaban J connectivity index is 2.37. The van der Waals surface area contributed by atoms with E-state index in [0.29, 0.717) is 16.8 Å². The molecule has 0 aliphatic heterocycles. The first-order valence-corrected chi connectivity index (χ1v) is 5.68. The lowest BCUT2D eigenvalue weighted by molar-refractivity contribution is -0.404. The average molecular weight is 263 g/mol. The molecule has 0 spiro atoms. The first-order valence-electron chi connectivity index (χ1n) is 4.49. The van der Waals surface area contributed by atoms with Crippen LogP contribution in [-0.2, 0) is 6.42 Å². The van der Waals surface area contributed by atoms with Gasteiger partial charge in [-0.3, -0.25) is 10.1 Å². The predicted octanol–water partition coefficient (Wildman–Crippen LogP) is 1.22. The Labute approximate surface area is 101 Å². The summed E-state index contributed by atoms with van der Waals surface area (Å²) >= 11 is 7.07. The molecule has 0 saturated carbocycles. The highest BCUT2D eigenvalue weighted by Gasteiger charge is 2.02. The van der Waals surface area contributed by atoms with E-state index in [2.05, 4.69) is 15.6 Å². The van der Waals surface area contributed by atoms with Gasteiger partial charge in [-0.1, -0.05) is 11.6 Å². The first kappa shape index (κ1) is 12.7. The maximum absolute atomic E-state index is 10.2. The minimum absolute atomic E-state index is 0.376. The largest absolute Gasteiger partial charge is 0.370 e. The van der Waals surface area contributed by atoms with Crippen LogP contribution in [0.25, 0.3) is 0 Å². The summed E-state index contributed by atoms with van der Waals surface area (Å²) in [6.07, 6.45) is 3.31. The number of thiazole rings is 1. The third-order valence-corrected chi connectivity index (χ3v) is 2.89. The van der Waals surface area contributed by atoms with Crippen LogP contribution in [-0.4, -0.2) is 23.5 Å². The van der Waals surface area contributed by atoms with Crippen LogP contribution < -0.4 is 10.6 Å². The van der Waals surface area contributed by atoms with Crippen molar-refractivity contribution in [2.24, 2.45) is 0 Å². The normalized spacial score (nSPS) is 11.2. The van der Waals surface area contributed by atoms with Crippen molar-refractivity contribution in [3.05, 3.63) is 37.7 Å². The molecule has 0 saturated heterocycles. The molecule has 0 bridgehead atoms. The van der Waals surface area contributed by atoms with Gasteiger partial charge in [0.1, 0.15) is 0 Å². The fraction of sp³-hybridized carbons (Fsp3) is 0.375. The Morgan fingerprint density at radius 1 is 1.81 bits per heavy atom. The first-order chi connectivity index (χ1) is 7.61. The molecule has 0 radical (unpaired) electrons. The highest BCUT2D eigenvalue weighted by Crippen LogP contribution is 2.17. The molecule has 16 heavy (non-hydrogen) atoms. The van der Waals surface area contributed by atoms with E-state index in [1.54, 1.807) is 13.2 Å². The fourth-order valence-corrected chi connectivity index (χ4v) is 2.00. The summed E-state index contributed by atoms with van der Waals surface area (Å²) in [5, 5.41) is 15.8. The SMILES string of the molecule is CN/C(=C\[N+](=O)[O-])NCCc1cnc(Cl)s1. The van der Waals surface area contributed by atoms with Gasteiger partial charge < -0.3 is 10.6 Å². The monoisotopic (exact) mass is 262 g/mol. The van der Waals surface area contributed by atoms with Crippen LogP contribution in [0.4, 0.5) is 0 Å². The zero-order valence-electron chi connectivity index (χ0n) is 8.57. The molecule has 0 aromatic carbocycles. The second kappa shape index (κ2) is 6.29. The molecule has 1 aromatic rings. The summed E-state index contributed by atoms with van der Waals surface area (Å²) in [5.41, 5.74) is 0. The minimum Gasteiger partial charge on any atom is -0.370 e. The van der Waals surface area contributed by atoms with Crippen LogP contribution >= 0.6 is 22.9 Å². The van der Waals surface area contributed by atoms with Crippen molar-refractivity contribution in [1.29, 1.82) is 0 Å². The zero-order valence-corrected chi connectivity index (χ0v) is 10.1. The van der Waals surface area contributed by atoms with Crippen molar-refractivity contribution in [2.75, 3.05) is 13.6 Å². The van der Waals surface area contributed by atoms with Gasteiger partial charge in [0.15, 0.2) is 10.3 Å². The average Bonchev–Trinajstić information content (AvgIpc) is 2.62. The van der Waals surface area contributed by atoms with Crippen LogP contribution in [0.5, 0.6) is 0 Å². The Morgan fingerprint density at radius 2 is 2.56 bits per heavy atom. The van der Waals surface area contributed by atoms with Crippen LogP contribution in [0.2, 0.25) is 4.47 Å². The predicted molar refractivity (Wildman–Crippen MR) is 63.0 cm³/mol. The standard InChI is InChI=1S/C8H11ClN4O2S/c1-10-7(5-13(14)15)11-3-2-6-4-12-8(9)16-6/h4-5,10-11H,2-3H2,1H3/b7-5+. The van der Waals surface area contributed by atoms with Crippen LogP contribution in [0.3, 0.4) is 0 Å². The number of nitro groups is 1. The number of nitrogens with zero attached hydrogens (tertiary/aromatic N) is 2. The molecule has 88 valence electrons. The fourth-order valence-electron chi connectivity index (χ4n) is 1.02. The van der Waals surface area contributed by atoms with E-state index in [1.807, 2.05) is 0 Å². The van der Waals surface area contributed by atoms with Crippen molar-refractivity contribution in [3.63, 3.8) is 0 Å². The summed E-state index contributed by atoms with van der Waals surface area (Å²) in [6, 6.07) is 0. The highest BCUT2D eigenvalue weighted by molar-refractivity contribution is 7.15. The Morgan fingerprint density at radius 3 is 3.06 bits per heavy atom. The second-order valence-corrected chi connectivity index (χ2v) is 4.53. The van der Waals surface area contributed by atoms with E-state index >= 15 is 0 Å². The molecule has 0 unspecified atom stereocenters. The van der Waals surface area contributed by atoms with Crippen LogP contribution in [0.15, 0.2) is 18.2 Å². The van der Waals surface area contributed by atoms with Gasteiger partial charge in [-0.05, 0) is 0 Å². The zero-order chi connectivity index (χ0) is 12.0. The van der Waals surface area contributed by atoms with Crippen molar-refractivity contribution >= 4 is 22.9 Å². The van der Waals surface area contributed by atoms with E-state index in [1.165, 1.54) is 11.3 Å². The summed E-state index contributed by atoms with van der Waals surface area (Å²) in [6.45, 7) is 0.582. The number of nitrogens with one attached hydrogen (secondary N) is 2. The number of hydrogen-bond donors (Lipinski definition) is 2. The van der Waals surface area contributed by atoms with Gasteiger partial charge in [-0.25, -0.2) is 4.98 Å². The Hall–Kier alpha value is -1.34. The van der Waals surface area contributed by atoms with Crippen molar-refractivity contribution in [1.82, 2.24) is 15.6 Å². The third kappa shape index (κ3) is 4.45. The molecule has 0 atom stereocenters. The number of halogens is 1. The number of aromatic nitrogens is 1. The van der Waals surface area contributed by atoms with Gasteiger partial charge in [0, 0.05) is 31.1 Å². The molecule has 0 fully saturated rings. The molecule has 8 heteroatoms. The molecule has 2 N–H and O–H groups in total. The smallest absolute Gasteiger partial charge is 0.274 e. The minimum atomic E-state index is -0.512. The van der Waals surface area contributed by atoms with E-state index in [-0.39, 0.29) is 0 Å². The van der Waals surface area contributed by atoms with E-state index in [4.69, 9.17) is 11.6 Å². The molecule has 0 aliphatic rings. The van der Waals surface area contributed by atoms with E-state index in [0.717, 1.165) is 17.5 Å². The van der Waals surface area contributed by atoms with Crippen molar-refractivity contribution < 1.29 is 4.92 Å². The van der Waals surface area contributed by atoms with E-state index < -0.39 is 4.92 Å². The molecular weight excluding hydrogens is 252 g/mol. The molecule has 6 nitrogen and oxygen atoms in total. The molecular formula is C8H11ClN4O2S. The highest BCUT2D eigenvalue weighted by atomic mass is 35.5. The van der Waals surface area contributed by atoms with Gasteiger partial charge in [-0.2, -0.15) is 0 Å². The number of hydrogen-bond acceptors (Lipinski definition) is 6. The molecule has 1 aromatic heterocycles. The number of rotatable bonds is 6. The summed E-state index contributed by atoms with van der Waals surface area (Å²) in [4.78, 5) is 14.7. The van der Waals surface area contributed by atoms with Crippen molar-refractivity contribution in [3.8, 4) is 0 Å². The lowest BCUT2D eigenvalue weighted by Crippen LogP contribution is -2.26. The summed E-state index contributed by atoms with van der Waals surface area (Å²) < 4.78 is 0.504. The summed E-state index contributed by atoms with van der Waals surface area (Å²) in [5.74, 6) is 0.376. The van der Waals surface area contributed by atoms with Gasteiger partial charge in [0.2, 0.25) is 0 Å². The maximum atomic E-state index is 10.2. The van der Waals surface area contributed by atoms with E-state index in [9.17, 15) is 10.1 Å². The maximum Gasteiger partial charge on any atom is 0.274 e. The van der Waals surface area contributed by atoms with Gasteiger partial charge in [-0.15, -0.1) is 11.3 Å². The topological polar surface area (TPSA) is 80.1 Å². The molecule has 1 heterocycles. The molecule has 0 amide bonds. The Kier molecular flexibility index (Phi) is 5.00. The Bertz CT molecular complexity index is 393. The van der Waals surface area contributed by atoms with Crippen LogP contribution in [0, 0.1) is 10.1 Å². The summed E-state index contributed by atoms with van der Waals surface area (Å²) in [7, 11) is 1.62. The third-order valence-electron chi connectivity index (χ3n) is 1.72. The molecule has 0 aliphatic carbocycles. The lowest BCUT2D eigenvalue weighted by Gasteiger charge is -2.06. The van der Waals surface area contributed by atoms with Gasteiger partial charge >= 0.3 is 0 Å².